The van der Waals surface area contributed by atoms with Crippen LogP contribution in [0.15, 0.2) is 0 Å². The summed E-state index contributed by atoms with van der Waals surface area (Å²) < 4.78 is 0. The molecule has 0 spiro atoms. The first-order valence-electron chi connectivity index (χ1n) is 6.08. The Morgan fingerprint density at radius 3 is 2.85 bits per heavy atom. The van der Waals surface area contributed by atoms with Gasteiger partial charge in [-0.15, -0.1) is 0 Å². The third-order valence-corrected chi connectivity index (χ3v) is 4.16. The van der Waals surface area contributed by atoms with Gasteiger partial charge in [0.2, 0.25) is 0 Å². The molecule has 0 aromatic heterocycles. The number of hydrogen-bond acceptors (Lipinski definition) is 1. The van der Waals surface area contributed by atoms with E-state index >= 15 is 0 Å². The Morgan fingerprint density at radius 2 is 2.08 bits per heavy atom. The van der Waals surface area contributed by atoms with Gasteiger partial charge in [-0.05, 0) is 51.5 Å². The van der Waals surface area contributed by atoms with E-state index in [0.29, 0.717) is 0 Å². The van der Waals surface area contributed by atoms with Crippen LogP contribution in [-0.4, -0.2) is 23.5 Å². The van der Waals surface area contributed by atoms with Crippen LogP contribution in [0.3, 0.4) is 0 Å². The van der Waals surface area contributed by atoms with Crippen LogP contribution in [-0.2, 0) is 0 Å². The lowest BCUT2D eigenvalue weighted by molar-refractivity contribution is 0.0775. The summed E-state index contributed by atoms with van der Waals surface area (Å²) in [7, 11) is 0. The number of hydrogen-bond donors (Lipinski definition) is 0. The highest BCUT2D eigenvalue weighted by Crippen LogP contribution is 2.35. The highest BCUT2D eigenvalue weighted by Gasteiger charge is 2.36. The molecule has 2 aliphatic heterocycles. The summed E-state index contributed by atoms with van der Waals surface area (Å²) in [6.45, 7) is 6.16. The highest BCUT2D eigenvalue weighted by atomic mass is 15.2. The average molecular weight is 181 g/mol. The maximum atomic E-state index is 2.78. The molecule has 0 N–H and O–H groups in total. The number of piperidine rings is 1. The van der Waals surface area contributed by atoms with Crippen LogP contribution in [0.2, 0.25) is 0 Å². The molecular formula is C12H23N. The maximum absolute atomic E-state index is 2.78. The van der Waals surface area contributed by atoms with E-state index in [0.717, 1.165) is 18.0 Å². The quantitative estimate of drug-likeness (QED) is 0.633. The molecule has 2 heterocycles. The van der Waals surface area contributed by atoms with Crippen LogP contribution in [0.25, 0.3) is 0 Å². The zero-order valence-corrected chi connectivity index (χ0v) is 9.13. The molecule has 0 unspecified atom stereocenters. The van der Waals surface area contributed by atoms with Crippen LogP contribution in [0, 0.1) is 5.92 Å². The molecule has 0 bridgehead atoms. The second-order valence-corrected chi connectivity index (χ2v) is 4.90. The van der Waals surface area contributed by atoms with E-state index in [2.05, 4.69) is 18.7 Å². The van der Waals surface area contributed by atoms with Gasteiger partial charge in [0.05, 0.1) is 0 Å². The van der Waals surface area contributed by atoms with E-state index in [1.165, 1.54) is 45.1 Å². The molecule has 0 amide bonds. The topological polar surface area (TPSA) is 3.24 Å². The molecule has 2 rings (SSSR count). The third kappa shape index (κ3) is 1.76. The Morgan fingerprint density at radius 1 is 1.23 bits per heavy atom. The van der Waals surface area contributed by atoms with Gasteiger partial charge in [0.15, 0.2) is 0 Å². The molecule has 1 nitrogen and oxygen atoms in total. The first-order valence-corrected chi connectivity index (χ1v) is 6.08. The molecule has 2 saturated heterocycles. The molecule has 76 valence electrons. The zero-order chi connectivity index (χ0) is 9.26. The van der Waals surface area contributed by atoms with E-state index in [4.69, 9.17) is 0 Å². The summed E-state index contributed by atoms with van der Waals surface area (Å²) in [5, 5.41) is 0. The van der Waals surface area contributed by atoms with Crippen molar-refractivity contribution >= 4 is 0 Å². The lowest BCUT2D eigenvalue weighted by Gasteiger charge is -2.41. The molecule has 0 aromatic rings. The van der Waals surface area contributed by atoms with Crippen molar-refractivity contribution in [1.82, 2.24) is 4.90 Å². The zero-order valence-electron chi connectivity index (χ0n) is 9.13. The summed E-state index contributed by atoms with van der Waals surface area (Å²) in [5.41, 5.74) is 0. The number of nitrogens with zero attached hydrogens (tertiary/aromatic N) is 1. The lowest BCUT2D eigenvalue weighted by atomic mass is 9.84. The van der Waals surface area contributed by atoms with Gasteiger partial charge in [0.25, 0.3) is 0 Å². The van der Waals surface area contributed by atoms with Crippen LogP contribution in [0.4, 0.5) is 0 Å². The van der Waals surface area contributed by atoms with Gasteiger partial charge in [-0.2, -0.15) is 0 Å². The van der Waals surface area contributed by atoms with E-state index in [9.17, 15) is 0 Å². The van der Waals surface area contributed by atoms with Crippen molar-refractivity contribution in [2.75, 3.05) is 6.54 Å². The van der Waals surface area contributed by atoms with Crippen molar-refractivity contribution < 1.29 is 0 Å². The second kappa shape index (κ2) is 4.00. The fraction of sp³-hybridized carbons (Fsp3) is 1.00. The van der Waals surface area contributed by atoms with Gasteiger partial charge in [0.1, 0.15) is 0 Å². The third-order valence-electron chi connectivity index (χ3n) is 4.16. The highest BCUT2D eigenvalue weighted by molar-refractivity contribution is 4.91. The summed E-state index contributed by atoms with van der Waals surface area (Å²) in [6.07, 6.45) is 8.72. The number of rotatable bonds is 2. The minimum Gasteiger partial charge on any atom is -0.297 e. The SMILES string of the molecule is CCC[C@H]1CC[C@@H]2CCCN2[C@@H]1C. The number of fused-ring (bicyclic) bond motifs is 1. The molecule has 0 saturated carbocycles. The van der Waals surface area contributed by atoms with Gasteiger partial charge in [-0.1, -0.05) is 13.3 Å². The summed E-state index contributed by atoms with van der Waals surface area (Å²) in [5.74, 6) is 0.999. The van der Waals surface area contributed by atoms with E-state index in [-0.39, 0.29) is 0 Å². The van der Waals surface area contributed by atoms with E-state index in [1.807, 2.05) is 0 Å². The Bertz CT molecular complexity index is 167. The molecule has 3 atom stereocenters. The molecule has 0 aromatic carbocycles. The predicted molar refractivity (Wildman–Crippen MR) is 56.8 cm³/mol. The van der Waals surface area contributed by atoms with Gasteiger partial charge >= 0.3 is 0 Å². The van der Waals surface area contributed by atoms with Crippen LogP contribution in [0.5, 0.6) is 0 Å². The summed E-state index contributed by atoms with van der Waals surface area (Å²) >= 11 is 0. The minimum atomic E-state index is 0.876. The molecule has 2 aliphatic rings. The Hall–Kier alpha value is -0.0400. The smallest absolute Gasteiger partial charge is 0.00987 e. The average Bonchev–Trinajstić information content (AvgIpc) is 2.58. The van der Waals surface area contributed by atoms with Crippen molar-refractivity contribution in [2.45, 2.75) is 64.5 Å². The Kier molecular flexibility index (Phi) is 2.92. The molecule has 13 heavy (non-hydrogen) atoms. The Labute approximate surface area is 82.5 Å². The molecular weight excluding hydrogens is 158 g/mol. The van der Waals surface area contributed by atoms with Gasteiger partial charge in [-0.3, -0.25) is 4.90 Å². The molecule has 1 heteroatoms. The van der Waals surface area contributed by atoms with Gasteiger partial charge < -0.3 is 0 Å². The molecule has 2 fully saturated rings. The second-order valence-electron chi connectivity index (χ2n) is 4.90. The molecule has 0 radical (unpaired) electrons. The van der Waals surface area contributed by atoms with Gasteiger partial charge in [0, 0.05) is 12.1 Å². The largest absolute Gasteiger partial charge is 0.297 e. The van der Waals surface area contributed by atoms with Crippen molar-refractivity contribution in [3.63, 3.8) is 0 Å². The van der Waals surface area contributed by atoms with Crippen LogP contribution >= 0.6 is 0 Å². The molecule has 0 aliphatic carbocycles. The first kappa shape index (κ1) is 9.51. The Balaban J connectivity index is 1.96. The standard InChI is InChI=1S/C12H23N/c1-3-5-11-7-8-12-6-4-9-13(12)10(11)2/h10-12H,3-9H2,1-2H3/t10-,11+,12+/m1/s1. The maximum Gasteiger partial charge on any atom is 0.00987 e. The monoisotopic (exact) mass is 181 g/mol. The minimum absolute atomic E-state index is 0.876. The van der Waals surface area contributed by atoms with Crippen LogP contribution < -0.4 is 0 Å². The van der Waals surface area contributed by atoms with Crippen molar-refractivity contribution in [2.24, 2.45) is 5.92 Å². The summed E-state index contributed by atoms with van der Waals surface area (Å²) in [4.78, 5) is 2.78. The van der Waals surface area contributed by atoms with E-state index < -0.39 is 0 Å². The van der Waals surface area contributed by atoms with Gasteiger partial charge in [-0.25, -0.2) is 0 Å². The fourth-order valence-electron chi connectivity index (χ4n) is 3.38. The summed E-state index contributed by atoms with van der Waals surface area (Å²) in [6, 6.07) is 1.84. The van der Waals surface area contributed by atoms with Crippen molar-refractivity contribution in [3.05, 3.63) is 0 Å². The van der Waals surface area contributed by atoms with E-state index in [1.54, 1.807) is 0 Å². The van der Waals surface area contributed by atoms with Crippen molar-refractivity contribution in [1.29, 1.82) is 0 Å². The van der Waals surface area contributed by atoms with Crippen molar-refractivity contribution in [3.8, 4) is 0 Å². The predicted octanol–water partition coefficient (Wildman–Crippen LogP) is 3.05. The first-order chi connectivity index (χ1) is 6.33. The van der Waals surface area contributed by atoms with Crippen LogP contribution in [0.1, 0.15) is 52.4 Å². The fourth-order valence-corrected chi connectivity index (χ4v) is 3.38. The lowest BCUT2D eigenvalue weighted by Crippen LogP contribution is -2.46. The normalized spacial score (nSPS) is 40.6.